The van der Waals surface area contributed by atoms with Crippen LogP contribution in [0.5, 0.6) is 5.75 Å². The molecule has 0 spiro atoms. The molecule has 0 aliphatic carbocycles. The normalized spacial score (nSPS) is 10.9. The first-order valence-electron chi connectivity index (χ1n) is 8.22. The van der Waals surface area contributed by atoms with Crippen molar-refractivity contribution in [2.24, 2.45) is 0 Å². The Morgan fingerprint density at radius 1 is 0.850 bits per heavy atom. The van der Waals surface area contributed by atoms with Crippen LogP contribution in [0.25, 0.3) is 0 Å². The van der Waals surface area contributed by atoms with Gasteiger partial charge in [-0.05, 0) is 40.4 Å². The molecule has 0 aliphatic heterocycles. The number of benzene rings is 1. The molecule has 0 amide bonds. The first-order valence-corrected chi connectivity index (χ1v) is 9.01. The van der Waals surface area contributed by atoms with E-state index in [4.69, 9.17) is 0 Å². The Bertz CT molecular complexity index is 362. The molecule has 1 aromatic carbocycles. The van der Waals surface area contributed by atoms with Crippen LogP contribution in [0, 0.1) is 0 Å². The van der Waals surface area contributed by atoms with E-state index < -0.39 is 0 Å². The highest BCUT2D eigenvalue weighted by Gasteiger charge is 2.03. The van der Waals surface area contributed by atoms with E-state index in [0.29, 0.717) is 5.75 Å². The molecule has 1 rings (SSSR count). The monoisotopic (exact) mass is 340 g/mol. The summed E-state index contributed by atoms with van der Waals surface area (Å²) in [6.07, 6.45) is 14.7. The maximum Gasteiger partial charge on any atom is 0.130 e. The molecule has 0 fully saturated rings. The van der Waals surface area contributed by atoms with Crippen LogP contribution < -0.4 is 0 Å². The SMILES string of the molecule is CCCCCCCCCCCCc1cccc(O)c1Br. The van der Waals surface area contributed by atoms with Crippen LogP contribution >= 0.6 is 15.9 Å². The number of phenolic OH excluding ortho intramolecular Hbond substituents is 1. The molecule has 0 aromatic heterocycles. The fourth-order valence-electron chi connectivity index (χ4n) is 2.56. The van der Waals surface area contributed by atoms with Gasteiger partial charge >= 0.3 is 0 Å². The molecule has 114 valence electrons. The van der Waals surface area contributed by atoms with E-state index in [1.807, 2.05) is 6.07 Å². The topological polar surface area (TPSA) is 20.2 Å². The van der Waals surface area contributed by atoms with Crippen LogP contribution in [0.1, 0.15) is 76.7 Å². The Hall–Kier alpha value is -0.500. The number of hydrogen-bond acceptors (Lipinski definition) is 1. The van der Waals surface area contributed by atoms with Gasteiger partial charge in [-0.25, -0.2) is 0 Å². The molecule has 0 radical (unpaired) electrons. The Labute approximate surface area is 132 Å². The molecule has 0 saturated heterocycles. The zero-order valence-corrected chi connectivity index (χ0v) is 14.4. The van der Waals surface area contributed by atoms with Crippen LogP contribution in [0.2, 0.25) is 0 Å². The van der Waals surface area contributed by atoms with Crippen molar-refractivity contribution in [3.63, 3.8) is 0 Å². The van der Waals surface area contributed by atoms with Crippen molar-refractivity contribution in [1.82, 2.24) is 0 Å². The van der Waals surface area contributed by atoms with E-state index in [-0.39, 0.29) is 0 Å². The average molecular weight is 341 g/mol. The molecule has 0 saturated carbocycles. The summed E-state index contributed by atoms with van der Waals surface area (Å²) in [4.78, 5) is 0. The largest absolute Gasteiger partial charge is 0.507 e. The second-order valence-corrected chi connectivity index (χ2v) is 6.48. The van der Waals surface area contributed by atoms with E-state index in [1.54, 1.807) is 6.07 Å². The van der Waals surface area contributed by atoms with E-state index in [0.717, 1.165) is 10.9 Å². The van der Waals surface area contributed by atoms with Gasteiger partial charge in [-0.1, -0.05) is 76.8 Å². The number of phenols is 1. The number of halogens is 1. The maximum absolute atomic E-state index is 9.61. The molecule has 1 aromatic rings. The highest BCUT2D eigenvalue weighted by molar-refractivity contribution is 9.10. The summed E-state index contributed by atoms with van der Waals surface area (Å²) in [7, 11) is 0. The fourth-order valence-corrected chi connectivity index (χ4v) is 3.02. The second kappa shape index (κ2) is 11.2. The Balaban J connectivity index is 1.98. The zero-order chi connectivity index (χ0) is 14.6. The van der Waals surface area contributed by atoms with Crippen molar-refractivity contribution >= 4 is 15.9 Å². The standard InChI is InChI=1S/C18H29BrO/c1-2-3-4-5-6-7-8-9-10-11-13-16-14-12-15-17(20)18(16)19/h12,14-15,20H,2-11,13H2,1H3. The lowest BCUT2D eigenvalue weighted by atomic mass is 10.0. The van der Waals surface area contributed by atoms with E-state index >= 15 is 0 Å². The second-order valence-electron chi connectivity index (χ2n) is 5.68. The van der Waals surface area contributed by atoms with Gasteiger partial charge in [0.25, 0.3) is 0 Å². The smallest absolute Gasteiger partial charge is 0.130 e. The van der Waals surface area contributed by atoms with E-state index in [1.165, 1.54) is 69.8 Å². The summed E-state index contributed by atoms with van der Waals surface area (Å²) in [5.74, 6) is 0.356. The van der Waals surface area contributed by atoms with Gasteiger partial charge in [-0.3, -0.25) is 0 Å². The molecule has 0 aliphatic rings. The molecule has 20 heavy (non-hydrogen) atoms. The van der Waals surface area contributed by atoms with Gasteiger partial charge < -0.3 is 5.11 Å². The van der Waals surface area contributed by atoms with Crippen molar-refractivity contribution in [2.45, 2.75) is 77.6 Å². The summed E-state index contributed by atoms with van der Waals surface area (Å²) >= 11 is 3.45. The first-order chi connectivity index (χ1) is 9.75. The molecular weight excluding hydrogens is 312 g/mol. The maximum atomic E-state index is 9.61. The van der Waals surface area contributed by atoms with Crippen LogP contribution in [0.4, 0.5) is 0 Å². The first kappa shape index (κ1) is 17.6. The summed E-state index contributed by atoms with van der Waals surface area (Å²) in [6, 6.07) is 5.75. The average Bonchev–Trinajstić information content (AvgIpc) is 2.45. The predicted octanol–water partition coefficient (Wildman–Crippen LogP) is 6.62. The third-order valence-electron chi connectivity index (χ3n) is 3.86. The van der Waals surface area contributed by atoms with Crippen molar-refractivity contribution in [1.29, 1.82) is 0 Å². The Kier molecular flexibility index (Phi) is 9.82. The van der Waals surface area contributed by atoms with Crippen LogP contribution in [-0.2, 0) is 6.42 Å². The third kappa shape index (κ3) is 7.33. The summed E-state index contributed by atoms with van der Waals surface area (Å²) in [5.41, 5.74) is 1.23. The third-order valence-corrected chi connectivity index (χ3v) is 4.77. The summed E-state index contributed by atoms with van der Waals surface area (Å²) < 4.78 is 0.871. The van der Waals surface area contributed by atoms with Crippen molar-refractivity contribution in [2.75, 3.05) is 0 Å². The minimum atomic E-state index is 0.356. The highest BCUT2D eigenvalue weighted by atomic mass is 79.9. The predicted molar refractivity (Wildman–Crippen MR) is 91.4 cm³/mol. The lowest BCUT2D eigenvalue weighted by molar-refractivity contribution is 0.470. The molecule has 0 heterocycles. The van der Waals surface area contributed by atoms with Gasteiger partial charge in [0.2, 0.25) is 0 Å². The van der Waals surface area contributed by atoms with Gasteiger partial charge in [0, 0.05) is 0 Å². The quantitative estimate of drug-likeness (QED) is 0.449. The van der Waals surface area contributed by atoms with Gasteiger partial charge in [0.15, 0.2) is 0 Å². The number of rotatable bonds is 11. The van der Waals surface area contributed by atoms with Crippen molar-refractivity contribution in [3.05, 3.63) is 28.2 Å². The molecule has 1 nitrogen and oxygen atoms in total. The van der Waals surface area contributed by atoms with Gasteiger partial charge in [-0.15, -0.1) is 0 Å². The van der Waals surface area contributed by atoms with Crippen molar-refractivity contribution in [3.8, 4) is 5.75 Å². The molecular formula is C18H29BrO. The fraction of sp³-hybridized carbons (Fsp3) is 0.667. The lowest BCUT2D eigenvalue weighted by Crippen LogP contribution is -1.88. The number of aryl methyl sites for hydroxylation is 1. The molecule has 2 heteroatoms. The molecule has 0 atom stereocenters. The minimum Gasteiger partial charge on any atom is -0.507 e. The summed E-state index contributed by atoms with van der Waals surface area (Å²) in [5, 5.41) is 9.61. The van der Waals surface area contributed by atoms with Crippen LogP contribution in [0.15, 0.2) is 22.7 Å². The van der Waals surface area contributed by atoms with E-state index in [9.17, 15) is 5.11 Å². The van der Waals surface area contributed by atoms with Crippen molar-refractivity contribution < 1.29 is 5.11 Å². The van der Waals surface area contributed by atoms with E-state index in [2.05, 4.69) is 28.9 Å². The summed E-state index contributed by atoms with van der Waals surface area (Å²) in [6.45, 7) is 2.27. The van der Waals surface area contributed by atoms with Gasteiger partial charge in [0.1, 0.15) is 5.75 Å². The van der Waals surface area contributed by atoms with Crippen LogP contribution in [-0.4, -0.2) is 5.11 Å². The molecule has 0 bridgehead atoms. The zero-order valence-electron chi connectivity index (χ0n) is 12.8. The lowest BCUT2D eigenvalue weighted by Gasteiger charge is -2.06. The molecule has 0 unspecified atom stereocenters. The minimum absolute atomic E-state index is 0.356. The number of aromatic hydroxyl groups is 1. The number of unbranched alkanes of at least 4 members (excludes halogenated alkanes) is 9. The van der Waals surface area contributed by atoms with Gasteiger partial charge in [-0.2, -0.15) is 0 Å². The Morgan fingerprint density at radius 2 is 1.40 bits per heavy atom. The van der Waals surface area contributed by atoms with Gasteiger partial charge in [0.05, 0.1) is 4.47 Å². The molecule has 1 N–H and O–H groups in total. The number of hydrogen-bond donors (Lipinski definition) is 1. The highest BCUT2D eigenvalue weighted by Crippen LogP contribution is 2.28. The van der Waals surface area contributed by atoms with Crippen LogP contribution in [0.3, 0.4) is 0 Å². The Morgan fingerprint density at radius 3 is 2.00 bits per heavy atom.